The Balaban J connectivity index is 3.75. The van der Waals surface area contributed by atoms with Crippen molar-refractivity contribution in [3.8, 4) is 0 Å². The van der Waals surface area contributed by atoms with Gasteiger partial charge in [-0.2, -0.15) is 0 Å². The summed E-state index contributed by atoms with van der Waals surface area (Å²) in [5.74, 6) is 1.42. The van der Waals surface area contributed by atoms with E-state index in [0.29, 0.717) is 11.3 Å². The summed E-state index contributed by atoms with van der Waals surface area (Å²) < 4.78 is 0. The maximum absolute atomic E-state index is 5.91. The zero-order valence-corrected chi connectivity index (χ0v) is 9.32. The van der Waals surface area contributed by atoms with Crippen molar-refractivity contribution >= 4 is 11.6 Å². The van der Waals surface area contributed by atoms with E-state index in [-0.39, 0.29) is 0 Å². The Morgan fingerprint density at radius 2 is 2.00 bits per heavy atom. The first-order valence-corrected chi connectivity index (χ1v) is 5.22. The van der Waals surface area contributed by atoms with Crippen LogP contribution in [0, 0.1) is 11.3 Å². The molecule has 0 aliphatic carbocycles. The van der Waals surface area contributed by atoms with E-state index in [0.717, 1.165) is 12.3 Å². The summed E-state index contributed by atoms with van der Waals surface area (Å²) >= 11 is 5.91. The van der Waals surface area contributed by atoms with E-state index in [4.69, 9.17) is 11.6 Å². The van der Waals surface area contributed by atoms with Crippen molar-refractivity contribution in [2.45, 2.75) is 40.0 Å². The average molecular weight is 189 g/mol. The molecule has 0 aromatic heterocycles. The van der Waals surface area contributed by atoms with Crippen LogP contribution in [0.25, 0.3) is 0 Å². The Hall–Kier alpha value is 0.0300. The van der Waals surface area contributed by atoms with Crippen molar-refractivity contribution in [1.29, 1.82) is 0 Å². The lowest BCUT2D eigenvalue weighted by molar-refractivity contribution is 0.247. The fourth-order valence-electron chi connectivity index (χ4n) is 1.25. The Morgan fingerprint density at radius 1 is 1.42 bits per heavy atom. The largest absolute Gasteiger partial charge is 0.126 e. The number of hydrogen-bond donors (Lipinski definition) is 0. The van der Waals surface area contributed by atoms with Crippen LogP contribution < -0.4 is 0 Å². The van der Waals surface area contributed by atoms with Crippen LogP contribution >= 0.6 is 11.6 Å². The first kappa shape index (κ1) is 12.0. The lowest BCUT2D eigenvalue weighted by Gasteiger charge is -2.28. The molecule has 1 atom stereocenters. The van der Waals surface area contributed by atoms with Crippen molar-refractivity contribution in [3.63, 3.8) is 0 Å². The number of halogens is 1. The third kappa shape index (κ3) is 4.82. The van der Waals surface area contributed by atoms with Crippen LogP contribution in [0.2, 0.25) is 0 Å². The topological polar surface area (TPSA) is 0 Å². The van der Waals surface area contributed by atoms with E-state index < -0.39 is 0 Å². The quantitative estimate of drug-likeness (QED) is 0.344. The second-order valence-electron chi connectivity index (χ2n) is 4.44. The van der Waals surface area contributed by atoms with Gasteiger partial charge in [0.25, 0.3) is 0 Å². The SMILES string of the molecule is C=CCCCC(CCl)C(C)(C)C. The predicted octanol–water partition coefficient (Wildman–Crippen LogP) is 4.24. The summed E-state index contributed by atoms with van der Waals surface area (Å²) in [6.07, 6.45) is 5.54. The first-order chi connectivity index (χ1) is 5.52. The van der Waals surface area contributed by atoms with E-state index in [1.165, 1.54) is 12.8 Å². The van der Waals surface area contributed by atoms with Crippen molar-refractivity contribution in [1.82, 2.24) is 0 Å². The molecule has 0 aromatic carbocycles. The van der Waals surface area contributed by atoms with E-state index in [2.05, 4.69) is 27.4 Å². The summed E-state index contributed by atoms with van der Waals surface area (Å²) in [5.41, 5.74) is 0.350. The molecule has 0 aliphatic rings. The zero-order chi connectivity index (χ0) is 9.61. The maximum Gasteiger partial charge on any atom is 0.0256 e. The van der Waals surface area contributed by atoms with Gasteiger partial charge >= 0.3 is 0 Å². The third-order valence-electron chi connectivity index (χ3n) is 2.37. The van der Waals surface area contributed by atoms with Crippen molar-refractivity contribution in [2.75, 3.05) is 5.88 Å². The van der Waals surface area contributed by atoms with Crippen LogP contribution in [-0.4, -0.2) is 5.88 Å². The Labute approximate surface area is 82.0 Å². The van der Waals surface area contributed by atoms with E-state index in [9.17, 15) is 0 Å². The molecule has 0 fully saturated rings. The summed E-state index contributed by atoms with van der Waals surface area (Å²) in [5, 5.41) is 0. The number of hydrogen-bond acceptors (Lipinski definition) is 0. The molecule has 0 radical (unpaired) electrons. The highest BCUT2D eigenvalue weighted by atomic mass is 35.5. The first-order valence-electron chi connectivity index (χ1n) is 4.69. The second-order valence-corrected chi connectivity index (χ2v) is 4.75. The molecular weight excluding hydrogens is 168 g/mol. The Morgan fingerprint density at radius 3 is 2.33 bits per heavy atom. The van der Waals surface area contributed by atoms with Gasteiger partial charge in [0.2, 0.25) is 0 Å². The van der Waals surface area contributed by atoms with Crippen LogP contribution in [0.15, 0.2) is 12.7 Å². The normalized spacial score (nSPS) is 14.3. The summed E-state index contributed by atoms with van der Waals surface area (Å²) in [7, 11) is 0. The van der Waals surface area contributed by atoms with E-state index >= 15 is 0 Å². The minimum absolute atomic E-state index is 0.350. The molecule has 1 unspecified atom stereocenters. The van der Waals surface area contributed by atoms with Crippen LogP contribution in [0.4, 0.5) is 0 Å². The molecule has 0 bridgehead atoms. The Kier molecular flexibility index (Phi) is 5.65. The Bertz CT molecular complexity index is 121. The smallest absolute Gasteiger partial charge is 0.0256 e. The van der Waals surface area contributed by atoms with Gasteiger partial charge in [-0.3, -0.25) is 0 Å². The molecule has 0 saturated carbocycles. The fourth-order valence-corrected chi connectivity index (χ4v) is 1.87. The van der Waals surface area contributed by atoms with E-state index in [1.54, 1.807) is 0 Å². The molecule has 72 valence electrons. The zero-order valence-electron chi connectivity index (χ0n) is 8.57. The van der Waals surface area contributed by atoms with Crippen LogP contribution in [0.1, 0.15) is 40.0 Å². The van der Waals surface area contributed by atoms with Gasteiger partial charge in [-0.1, -0.05) is 26.8 Å². The summed E-state index contributed by atoms with van der Waals surface area (Å²) in [6.45, 7) is 10.5. The second kappa shape index (κ2) is 5.64. The third-order valence-corrected chi connectivity index (χ3v) is 2.74. The minimum Gasteiger partial charge on any atom is -0.126 e. The minimum atomic E-state index is 0.350. The van der Waals surface area contributed by atoms with Crippen LogP contribution in [0.5, 0.6) is 0 Å². The van der Waals surface area contributed by atoms with Gasteiger partial charge in [0, 0.05) is 5.88 Å². The summed E-state index contributed by atoms with van der Waals surface area (Å²) in [6, 6.07) is 0. The monoisotopic (exact) mass is 188 g/mol. The number of allylic oxidation sites excluding steroid dienone is 1. The number of alkyl halides is 1. The standard InChI is InChI=1S/C11H21Cl/c1-5-6-7-8-10(9-12)11(2,3)4/h5,10H,1,6-9H2,2-4H3. The molecule has 0 spiro atoms. The molecule has 0 amide bonds. The lowest BCUT2D eigenvalue weighted by Crippen LogP contribution is -2.21. The highest BCUT2D eigenvalue weighted by molar-refractivity contribution is 6.18. The molecule has 0 N–H and O–H groups in total. The van der Waals surface area contributed by atoms with Gasteiger partial charge in [0.05, 0.1) is 0 Å². The van der Waals surface area contributed by atoms with Gasteiger partial charge in [-0.15, -0.1) is 18.2 Å². The van der Waals surface area contributed by atoms with Crippen LogP contribution in [0.3, 0.4) is 0 Å². The molecular formula is C11H21Cl. The molecule has 0 saturated heterocycles. The van der Waals surface area contributed by atoms with Gasteiger partial charge in [0.15, 0.2) is 0 Å². The van der Waals surface area contributed by atoms with Gasteiger partial charge in [-0.05, 0) is 30.6 Å². The number of rotatable bonds is 5. The molecule has 1 heteroatoms. The lowest BCUT2D eigenvalue weighted by atomic mass is 9.79. The van der Waals surface area contributed by atoms with Crippen molar-refractivity contribution in [2.24, 2.45) is 11.3 Å². The van der Waals surface area contributed by atoms with E-state index in [1.807, 2.05) is 6.08 Å². The van der Waals surface area contributed by atoms with Gasteiger partial charge in [0.1, 0.15) is 0 Å². The van der Waals surface area contributed by atoms with Crippen molar-refractivity contribution in [3.05, 3.63) is 12.7 Å². The molecule has 0 aliphatic heterocycles. The number of unbranched alkanes of at least 4 members (excludes halogenated alkanes) is 1. The van der Waals surface area contributed by atoms with Crippen molar-refractivity contribution < 1.29 is 0 Å². The highest BCUT2D eigenvalue weighted by Gasteiger charge is 2.22. The van der Waals surface area contributed by atoms with Gasteiger partial charge in [-0.25, -0.2) is 0 Å². The average Bonchev–Trinajstić information content (AvgIpc) is 1.95. The predicted molar refractivity (Wildman–Crippen MR) is 57.7 cm³/mol. The molecule has 0 rings (SSSR count). The molecule has 0 aromatic rings. The highest BCUT2D eigenvalue weighted by Crippen LogP contribution is 2.30. The molecule has 0 nitrogen and oxygen atoms in total. The van der Waals surface area contributed by atoms with Gasteiger partial charge < -0.3 is 0 Å². The maximum atomic E-state index is 5.91. The fraction of sp³-hybridized carbons (Fsp3) is 0.818. The molecule has 12 heavy (non-hydrogen) atoms. The van der Waals surface area contributed by atoms with Crippen LogP contribution in [-0.2, 0) is 0 Å². The summed E-state index contributed by atoms with van der Waals surface area (Å²) in [4.78, 5) is 0. The molecule has 0 heterocycles.